The zero-order valence-electron chi connectivity index (χ0n) is 11.6. The number of aromatic nitrogens is 2. The predicted molar refractivity (Wildman–Crippen MR) is 77.7 cm³/mol. The van der Waals surface area contributed by atoms with Crippen LogP contribution in [0.5, 0.6) is 0 Å². The second kappa shape index (κ2) is 4.49. The molecule has 1 heterocycles. The second-order valence-corrected chi connectivity index (χ2v) is 6.10. The van der Waals surface area contributed by atoms with Crippen molar-refractivity contribution in [2.45, 2.75) is 38.6 Å². The van der Waals surface area contributed by atoms with E-state index in [1.807, 2.05) is 6.20 Å². The highest BCUT2D eigenvalue weighted by atomic mass is 15.0. The smallest absolute Gasteiger partial charge is 0.126 e. The highest BCUT2D eigenvalue weighted by Gasteiger charge is 2.42. The number of hydrogen-bond donors (Lipinski definition) is 2. The van der Waals surface area contributed by atoms with E-state index in [0.29, 0.717) is 5.92 Å². The molecule has 1 fully saturated rings. The normalized spacial score (nSPS) is 16.8. The summed E-state index contributed by atoms with van der Waals surface area (Å²) in [6.07, 6.45) is 5.08. The molecule has 0 bridgehead atoms. The van der Waals surface area contributed by atoms with Gasteiger partial charge in [-0.1, -0.05) is 38.1 Å². The fourth-order valence-electron chi connectivity index (χ4n) is 2.38. The summed E-state index contributed by atoms with van der Waals surface area (Å²) in [5.41, 5.74) is 9.58. The van der Waals surface area contributed by atoms with Crippen molar-refractivity contribution < 1.29 is 0 Å². The van der Waals surface area contributed by atoms with Gasteiger partial charge in [0.15, 0.2) is 0 Å². The van der Waals surface area contributed by atoms with Crippen molar-refractivity contribution in [3.63, 3.8) is 0 Å². The largest absolute Gasteiger partial charge is 0.340 e. The highest BCUT2D eigenvalue weighted by molar-refractivity contribution is 5.59. The van der Waals surface area contributed by atoms with E-state index in [2.05, 4.69) is 48.1 Å². The molecule has 0 aliphatic heterocycles. The molecular formula is C16H21N3. The Bertz CT molecular complexity index is 562. The SMILES string of the molecule is CC(C)Cc1ccc(-c2cnc(C3(N)CC3)[nH]2)cc1. The molecule has 0 saturated heterocycles. The Balaban J connectivity index is 1.80. The van der Waals surface area contributed by atoms with Gasteiger partial charge in [-0.15, -0.1) is 0 Å². The van der Waals surface area contributed by atoms with Gasteiger partial charge in [-0.2, -0.15) is 0 Å². The van der Waals surface area contributed by atoms with Gasteiger partial charge in [0.2, 0.25) is 0 Å². The van der Waals surface area contributed by atoms with Crippen molar-refractivity contribution in [2.75, 3.05) is 0 Å². The summed E-state index contributed by atoms with van der Waals surface area (Å²) in [6.45, 7) is 4.48. The van der Waals surface area contributed by atoms with Crippen LogP contribution in [0.25, 0.3) is 11.3 Å². The third-order valence-electron chi connectivity index (χ3n) is 3.74. The summed E-state index contributed by atoms with van der Waals surface area (Å²) in [6, 6.07) is 8.71. The van der Waals surface area contributed by atoms with Crippen LogP contribution in [-0.4, -0.2) is 9.97 Å². The Kier molecular flexibility index (Phi) is 2.94. The van der Waals surface area contributed by atoms with E-state index in [0.717, 1.165) is 30.8 Å². The fourth-order valence-corrected chi connectivity index (χ4v) is 2.38. The number of benzene rings is 1. The van der Waals surface area contributed by atoms with Gasteiger partial charge in [-0.3, -0.25) is 0 Å². The molecule has 3 nitrogen and oxygen atoms in total. The first-order valence-electron chi connectivity index (χ1n) is 7.00. The van der Waals surface area contributed by atoms with E-state index in [4.69, 9.17) is 5.73 Å². The Labute approximate surface area is 114 Å². The van der Waals surface area contributed by atoms with E-state index in [1.165, 1.54) is 11.1 Å². The molecule has 1 aliphatic rings. The van der Waals surface area contributed by atoms with E-state index >= 15 is 0 Å². The molecule has 1 saturated carbocycles. The quantitative estimate of drug-likeness (QED) is 0.881. The number of nitrogens with two attached hydrogens (primary N) is 1. The van der Waals surface area contributed by atoms with Crippen LogP contribution in [0.1, 0.15) is 38.1 Å². The molecule has 0 radical (unpaired) electrons. The highest BCUT2D eigenvalue weighted by Crippen LogP contribution is 2.41. The Morgan fingerprint density at radius 2 is 1.95 bits per heavy atom. The van der Waals surface area contributed by atoms with Crippen molar-refractivity contribution >= 4 is 0 Å². The number of nitrogens with zero attached hydrogens (tertiary/aromatic N) is 1. The van der Waals surface area contributed by atoms with Crippen LogP contribution in [0.4, 0.5) is 0 Å². The molecule has 1 aliphatic carbocycles. The number of nitrogens with one attached hydrogen (secondary N) is 1. The first-order valence-corrected chi connectivity index (χ1v) is 7.00. The standard InChI is InChI=1S/C16H21N3/c1-11(2)9-12-3-5-13(6-4-12)14-10-18-15(19-14)16(17)7-8-16/h3-6,10-11H,7-9,17H2,1-2H3,(H,18,19). The van der Waals surface area contributed by atoms with E-state index in [1.54, 1.807) is 0 Å². The first-order chi connectivity index (χ1) is 9.07. The van der Waals surface area contributed by atoms with Crippen molar-refractivity contribution in [3.05, 3.63) is 41.9 Å². The van der Waals surface area contributed by atoms with Crippen molar-refractivity contribution in [1.29, 1.82) is 0 Å². The Morgan fingerprint density at radius 1 is 1.26 bits per heavy atom. The zero-order valence-corrected chi connectivity index (χ0v) is 11.6. The van der Waals surface area contributed by atoms with Gasteiger partial charge in [0.05, 0.1) is 17.4 Å². The minimum atomic E-state index is -0.185. The summed E-state index contributed by atoms with van der Waals surface area (Å²) < 4.78 is 0. The maximum atomic E-state index is 6.14. The molecule has 0 amide bonds. The number of H-pyrrole nitrogens is 1. The third-order valence-corrected chi connectivity index (χ3v) is 3.74. The van der Waals surface area contributed by atoms with Crippen LogP contribution < -0.4 is 5.73 Å². The maximum Gasteiger partial charge on any atom is 0.126 e. The predicted octanol–water partition coefficient (Wildman–Crippen LogP) is 3.22. The lowest BCUT2D eigenvalue weighted by Gasteiger charge is -2.06. The van der Waals surface area contributed by atoms with Crippen LogP contribution in [0.3, 0.4) is 0 Å². The monoisotopic (exact) mass is 255 g/mol. The van der Waals surface area contributed by atoms with Crippen LogP contribution in [0.15, 0.2) is 30.5 Å². The van der Waals surface area contributed by atoms with E-state index in [9.17, 15) is 0 Å². The molecule has 1 aromatic carbocycles. The van der Waals surface area contributed by atoms with Crippen molar-refractivity contribution in [1.82, 2.24) is 9.97 Å². The topological polar surface area (TPSA) is 54.7 Å². The molecule has 2 aromatic rings. The Hall–Kier alpha value is -1.61. The zero-order chi connectivity index (χ0) is 13.5. The minimum absolute atomic E-state index is 0.185. The lowest BCUT2D eigenvalue weighted by atomic mass is 10.0. The first kappa shape index (κ1) is 12.4. The number of aromatic amines is 1. The van der Waals surface area contributed by atoms with Crippen LogP contribution in [-0.2, 0) is 12.0 Å². The Morgan fingerprint density at radius 3 is 2.53 bits per heavy atom. The van der Waals surface area contributed by atoms with Crippen LogP contribution in [0.2, 0.25) is 0 Å². The number of rotatable bonds is 4. The van der Waals surface area contributed by atoms with Crippen molar-refractivity contribution in [2.24, 2.45) is 11.7 Å². The third kappa shape index (κ3) is 2.56. The van der Waals surface area contributed by atoms with E-state index in [-0.39, 0.29) is 5.54 Å². The van der Waals surface area contributed by atoms with Gasteiger partial charge in [-0.05, 0) is 36.3 Å². The molecule has 0 unspecified atom stereocenters. The van der Waals surface area contributed by atoms with Crippen LogP contribution >= 0.6 is 0 Å². The summed E-state index contributed by atoms with van der Waals surface area (Å²) in [5.74, 6) is 1.62. The lowest BCUT2D eigenvalue weighted by molar-refractivity contribution is 0.647. The molecule has 3 heteroatoms. The average molecular weight is 255 g/mol. The van der Waals surface area contributed by atoms with Crippen molar-refractivity contribution in [3.8, 4) is 11.3 Å². The molecule has 3 rings (SSSR count). The molecule has 3 N–H and O–H groups in total. The molecule has 100 valence electrons. The maximum absolute atomic E-state index is 6.14. The minimum Gasteiger partial charge on any atom is -0.340 e. The molecule has 1 aromatic heterocycles. The summed E-state index contributed by atoms with van der Waals surface area (Å²) in [7, 11) is 0. The van der Waals surface area contributed by atoms with Crippen LogP contribution in [0, 0.1) is 5.92 Å². The van der Waals surface area contributed by atoms with E-state index < -0.39 is 0 Å². The average Bonchev–Trinajstić information content (AvgIpc) is 2.93. The van der Waals surface area contributed by atoms with Gasteiger partial charge in [0.25, 0.3) is 0 Å². The number of hydrogen-bond acceptors (Lipinski definition) is 2. The number of imidazole rings is 1. The lowest BCUT2D eigenvalue weighted by Crippen LogP contribution is -2.20. The summed E-state index contributed by atoms with van der Waals surface area (Å²) in [5, 5.41) is 0. The van der Waals surface area contributed by atoms with Gasteiger partial charge < -0.3 is 10.7 Å². The van der Waals surface area contributed by atoms with Gasteiger partial charge in [-0.25, -0.2) is 4.98 Å². The second-order valence-electron chi connectivity index (χ2n) is 6.10. The molecule has 0 atom stereocenters. The summed E-state index contributed by atoms with van der Waals surface area (Å²) >= 11 is 0. The fraction of sp³-hybridized carbons (Fsp3) is 0.438. The van der Waals surface area contributed by atoms with Gasteiger partial charge in [0.1, 0.15) is 5.82 Å². The molecular weight excluding hydrogens is 234 g/mol. The summed E-state index contributed by atoms with van der Waals surface area (Å²) in [4.78, 5) is 7.77. The van der Waals surface area contributed by atoms with Gasteiger partial charge in [0, 0.05) is 0 Å². The molecule has 19 heavy (non-hydrogen) atoms. The molecule has 0 spiro atoms. The van der Waals surface area contributed by atoms with Gasteiger partial charge >= 0.3 is 0 Å².